The van der Waals surface area contributed by atoms with Crippen LogP contribution in [0.5, 0.6) is 0 Å². The van der Waals surface area contributed by atoms with Crippen LogP contribution in [0.25, 0.3) is 0 Å². The van der Waals surface area contributed by atoms with Gasteiger partial charge in [0, 0.05) is 0 Å². The maximum atomic E-state index is 2.31. The lowest BCUT2D eigenvalue weighted by Crippen LogP contribution is -1.84. The van der Waals surface area contributed by atoms with E-state index >= 15 is 0 Å². The molecule has 0 fully saturated rings. The maximum absolute atomic E-state index is 2.31. The van der Waals surface area contributed by atoms with Gasteiger partial charge in [0.1, 0.15) is 0 Å². The van der Waals surface area contributed by atoms with Crippen molar-refractivity contribution in [1.29, 1.82) is 0 Å². The van der Waals surface area contributed by atoms with Crippen molar-refractivity contribution in [3.63, 3.8) is 0 Å². The first kappa shape index (κ1) is 16.7. The third kappa shape index (κ3) is 11.2. The molecule has 0 bridgehead atoms. The van der Waals surface area contributed by atoms with Crippen LogP contribution < -0.4 is 0 Å². The topological polar surface area (TPSA) is 0 Å². The summed E-state index contributed by atoms with van der Waals surface area (Å²) < 4.78 is 0. The summed E-state index contributed by atoms with van der Waals surface area (Å²) in [6.07, 6.45) is 19.4. The Morgan fingerprint density at radius 3 is 2.22 bits per heavy atom. The van der Waals surface area contributed by atoms with Gasteiger partial charge in [0.05, 0.1) is 0 Å². The smallest absolute Gasteiger partial charge is 0.0343 e. The Bertz CT molecular complexity index is 346. The van der Waals surface area contributed by atoms with Crippen molar-refractivity contribution in [2.45, 2.75) is 47.5 Å². The van der Waals surface area contributed by atoms with Crippen LogP contribution in [0, 0.1) is 5.92 Å². The third-order valence-corrected chi connectivity index (χ3v) is 2.59. The van der Waals surface area contributed by atoms with Crippen molar-refractivity contribution in [2.75, 3.05) is 0 Å². The summed E-state index contributed by atoms with van der Waals surface area (Å²) >= 11 is 0. The highest BCUT2D eigenvalue weighted by Crippen LogP contribution is 2.07. The fourth-order valence-electron chi connectivity index (χ4n) is 1.44. The van der Waals surface area contributed by atoms with E-state index in [1.807, 2.05) is 19.1 Å². The molecule has 0 aliphatic rings. The zero-order valence-electron chi connectivity index (χ0n) is 12.6. The van der Waals surface area contributed by atoms with Gasteiger partial charge in [-0.25, -0.2) is 0 Å². The molecule has 0 aliphatic carbocycles. The van der Waals surface area contributed by atoms with E-state index in [0.29, 0.717) is 0 Å². The highest BCUT2D eigenvalue weighted by atomic mass is 14.0. The number of hydrogen-bond acceptors (Lipinski definition) is 0. The highest BCUT2D eigenvalue weighted by Gasteiger charge is 1.90. The summed E-state index contributed by atoms with van der Waals surface area (Å²) in [4.78, 5) is 0. The molecular formula is C18H28. The molecule has 18 heavy (non-hydrogen) atoms. The van der Waals surface area contributed by atoms with Gasteiger partial charge in [-0.15, -0.1) is 0 Å². The van der Waals surface area contributed by atoms with Crippen LogP contribution in [-0.4, -0.2) is 0 Å². The second-order valence-electron chi connectivity index (χ2n) is 5.07. The van der Waals surface area contributed by atoms with Crippen LogP contribution in [0.2, 0.25) is 0 Å². The van der Waals surface area contributed by atoms with Crippen molar-refractivity contribution in [3.05, 3.63) is 59.8 Å². The molecule has 0 unspecified atom stereocenters. The van der Waals surface area contributed by atoms with E-state index in [-0.39, 0.29) is 0 Å². The van der Waals surface area contributed by atoms with E-state index in [4.69, 9.17) is 0 Å². The quantitative estimate of drug-likeness (QED) is 0.481. The molecule has 0 N–H and O–H groups in total. The number of hydrogen-bond donors (Lipinski definition) is 0. The molecule has 0 aromatic carbocycles. The van der Waals surface area contributed by atoms with E-state index < -0.39 is 0 Å². The van der Waals surface area contributed by atoms with Crippen LogP contribution in [0.3, 0.4) is 0 Å². The van der Waals surface area contributed by atoms with Crippen LogP contribution >= 0.6 is 0 Å². The molecule has 0 spiro atoms. The molecule has 0 amide bonds. The van der Waals surface area contributed by atoms with Crippen LogP contribution in [0.4, 0.5) is 0 Å². The van der Waals surface area contributed by atoms with Crippen LogP contribution in [0.15, 0.2) is 59.8 Å². The zero-order valence-corrected chi connectivity index (χ0v) is 12.6. The van der Waals surface area contributed by atoms with Gasteiger partial charge in [-0.1, -0.05) is 73.6 Å². The molecule has 0 rings (SSSR count). The SMILES string of the molecule is C\C=C/C=C/C(C)=C/C=C/C(C)=C/CCC(C)C. The summed E-state index contributed by atoms with van der Waals surface area (Å²) in [5, 5.41) is 0. The molecule has 0 nitrogen and oxygen atoms in total. The van der Waals surface area contributed by atoms with Crippen molar-refractivity contribution < 1.29 is 0 Å². The molecule has 0 aromatic heterocycles. The largest absolute Gasteiger partial charge is 0.0877 e. The van der Waals surface area contributed by atoms with Crippen molar-refractivity contribution in [2.24, 2.45) is 5.92 Å². The molecule has 100 valence electrons. The van der Waals surface area contributed by atoms with Crippen molar-refractivity contribution in [1.82, 2.24) is 0 Å². The second kappa shape index (κ2) is 10.8. The zero-order chi connectivity index (χ0) is 13.8. The molecule has 0 radical (unpaired) electrons. The Morgan fingerprint density at radius 2 is 1.61 bits per heavy atom. The molecule has 0 heterocycles. The molecule has 0 aromatic rings. The van der Waals surface area contributed by atoms with Gasteiger partial charge in [-0.05, 0) is 39.5 Å². The minimum atomic E-state index is 0.789. The normalized spacial score (nSPS) is 14.8. The first-order chi connectivity index (χ1) is 8.56. The molecule has 0 aliphatic heterocycles. The maximum Gasteiger partial charge on any atom is -0.0343 e. The van der Waals surface area contributed by atoms with Gasteiger partial charge >= 0.3 is 0 Å². The molecule has 0 saturated heterocycles. The van der Waals surface area contributed by atoms with Gasteiger partial charge < -0.3 is 0 Å². The lowest BCUT2D eigenvalue weighted by atomic mass is 10.1. The monoisotopic (exact) mass is 244 g/mol. The standard InChI is InChI=1S/C18H28/c1-6-7-8-12-17(4)14-10-15-18(5)13-9-11-16(2)3/h6-8,10,12-16H,9,11H2,1-5H3/b7-6-,12-8+,15-10+,17-14+,18-13+. The average Bonchev–Trinajstić information content (AvgIpc) is 2.29. The Labute approximate surface area is 113 Å². The van der Waals surface area contributed by atoms with Gasteiger partial charge in [0.2, 0.25) is 0 Å². The fraction of sp³-hybridized carbons (Fsp3) is 0.444. The van der Waals surface area contributed by atoms with Gasteiger partial charge in [-0.3, -0.25) is 0 Å². The molecular weight excluding hydrogens is 216 g/mol. The van der Waals surface area contributed by atoms with E-state index in [0.717, 1.165) is 5.92 Å². The Hall–Kier alpha value is -1.30. The molecule has 0 heteroatoms. The summed E-state index contributed by atoms with van der Waals surface area (Å²) in [5.74, 6) is 0.789. The van der Waals surface area contributed by atoms with Gasteiger partial charge in [0.15, 0.2) is 0 Å². The van der Waals surface area contributed by atoms with Gasteiger partial charge in [-0.2, -0.15) is 0 Å². The minimum absolute atomic E-state index is 0.789. The summed E-state index contributed by atoms with van der Waals surface area (Å²) in [7, 11) is 0. The predicted molar refractivity (Wildman–Crippen MR) is 84.7 cm³/mol. The Balaban J connectivity index is 4.17. The van der Waals surface area contributed by atoms with E-state index in [1.165, 1.54) is 24.0 Å². The first-order valence-corrected chi connectivity index (χ1v) is 6.87. The van der Waals surface area contributed by atoms with E-state index in [2.05, 4.69) is 64.2 Å². The number of allylic oxidation sites excluding steroid dienone is 10. The Kier molecular flexibility index (Phi) is 10.0. The summed E-state index contributed by atoms with van der Waals surface area (Å²) in [6.45, 7) is 10.8. The first-order valence-electron chi connectivity index (χ1n) is 6.87. The molecule has 0 saturated carbocycles. The lowest BCUT2D eigenvalue weighted by molar-refractivity contribution is 0.593. The average molecular weight is 244 g/mol. The minimum Gasteiger partial charge on any atom is -0.0877 e. The van der Waals surface area contributed by atoms with E-state index in [9.17, 15) is 0 Å². The van der Waals surface area contributed by atoms with E-state index in [1.54, 1.807) is 0 Å². The van der Waals surface area contributed by atoms with Crippen LogP contribution in [0.1, 0.15) is 47.5 Å². The second-order valence-corrected chi connectivity index (χ2v) is 5.07. The lowest BCUT2D eigenvalue weighted by Gasteiger charge is -1.99. The third-order valence-electron chi connectivity index (χ3n) is 2.59. The van der Waals surface area contributed by atoms with Crippen molar-refractivity contribution >= 4 is 0 Å². The van der Waals surface area contributed by atoms with Crippen molar-refractivity contribution in [3.8, 4) is 0 Å². The number of rotatable bonds is 7. The molecule has 0 atom stereocenters. The van der Waals surface area contributed by atoms with Gasteiger partial charge in [0.25, 0.3) is 0 Å². The summed E-state index contributed by atoms with van der Waals surface area (Å²) in [6, 6.07) is 0. The Morgan fingerprint density at radius 1 is 0.944 bits per heavy atom. The predicted octanol–water partition coefficient (Wildman–Crippen LogP) is 6.00. The fourth-order valence-corrected chi connectivity index (χ4v) is 1.44. The summed E-state index contributed by atoms with van der Waals surface area (Å²) in [5.41, 5.74) is 2.61. The highest BCUT2D eigenvalue weighted by molar-refractivity contribution is 5.27. The van der Waals surface area contributed by atoms with Crippen LogP contribution in [-0.2, 0) is 0 Å².